The number of nitrogens with zero attached hydrogens (tertiary/aromatic N) is 1. The number of alkyl halides is 3. The molecule has 2 amide bonds. The Hall–Kier alpha value is -2.43. The molecular formula is C18H25F3N2O5Si. The van der Waals surface area contributed by atoms with E-state index in [2.05, 4.69) is 29.7 Å². The zero-order valence-corrected chi connectivity index (χ0v) is 17.5. The minimum atomic E-state index is -4.83. The second-order valence-electron chi connectivity index (χ2n) is 8.11. The number of carbonyl (C=O) groups excluding carboxylic acids is 1. The van der Waals surface area contributed by atoms with E-state index in [0.717, 1.165) is 17.0 Å². The maximum atomic E-state index is 12.5. The van der Waals surface area contributed by atoms with E-state index >= 15 is 0 Å². The minimum Gasteiger partial charge on any atom is -0.465 e. The molecule has 29 heavy (non-hydrogen) atoms. The summed E-state index contributed by atoms with van der Waals surface area (Å²) in [6.45, 7) is 6.72. The molecule has 0 radical (unpaired) electrons. The number of rotatable bonds is 6. The normalized spacial score (nSPS) is 19.7. The number of ether oxygens (including phenoxy) is 2. The number of halogens is 3. The van der Waals surface area contributed by atoms with E-state index in [9.17, 15) is 27.9 Å². The first-order chi connectivity index (χ1) is 13.3. The molecule has 11 heteroatoms. The first-order valence-electron chi connectivity index (χ1n) is 9.11. The van der Waals surface area contributed by atoms with Gasteiger partial charge >= 0.3 is 18.5 Å². The van der Waals surface area contributed by atoms with Gasteiger partial charge in [-0.1, -0.05) is 31.8 Å². The maximum absolute atomic E-state index is 12.5. The van der Waals surface area contributed by atoms with Crippen LogP contribution in [0.5, 0.6) is 5.75 Å². The van der Waals surface area contributed by atoms with Crippen molar-refractivity contribution in [2.75, 3.05) is 19.7 Å². The lowest BCUT2D eigenvalue weighted by molar-refractivity contribution is -0.274. The van der Waals surface area contributed by atoms with Crippen LogP contribution in [0.3, 0.4) is 0 Å². The highest BCUT2D eigenvalue weighted by atomic mass is 28.3. The molecule has 1 aliphatic heterocycles. The van der Waals surface area contributed by atoms with Crippen LogP contribution in [0.1, 0.15) is 11.5 Å². The van der Waals surface area contributed by atoms with Crippen LogP contribution in [0.25, 0.3) is 0 Å². The molecule has 1 aliphatic rings. The van der Waals surface area contributed by atoms with Gasteiger partial charge in [0.15, 0.2) is 0 Å². The van der Waals surface area contributed by atoms with Crippen LogP contribution >= 0.6 is 0 Å². The molecule has 2 atom stereocenters. The first kappa shape index (κ1) is 22.9. The van der Waals surface area contributed by atoms with Crippen molar-refractivity contribution in [1.82, 2.24) is 10.2 Å². The van der Waals surface area contributed by atoms with Crippen LogP contribution in [-0.4, -0.2) is 62.4 Å². The number of carboxylic acid groups (broad SMARTS) is 1. The molecule has 0 saturated carbocycles. The monoisotopic (exact) mass is 434 g/mol. The fraction of sp³-hybridized carbons (Fsp3) is 0.556. The molecule has 162 valence electrons. The first-order valence-corrected chi connectivity index (χ1v) is 12.8. The Kier molecular flexibility index (Phi) is 7.04. The lowest BCUT2D eigenvalue weighted by atomic mass is 9.94. The van der Waals surface area contributed by atoms with Gasteiger partial charge in [-0.2, -0.15) is 0 Å². The van der Waals surface area contributed by atoms with Crippen molar-refractivity contribution in [2.24, 2.45) is 0 Å². The van der Waals surface area contributed by atoms with Crippen molar-refractivity contribution in [3.63, 3.8) is 0 Å². The molecule has 0 aliphatic carbocycles. The Morgan fingerprint density at radius 2 is 1.97 bits per heavy atom. The van der Waals surface area contributed by atoms with Crippen molar-refractivity contribution < 1.29 is 37.3 Å². The summed E-state index contributed by atoms with van der Waals surface area (Å²) in [7, 11) is -1.38. The summed E-state index contributed by atoms with van der Waals surface area (Å²) in [5, 5.41) is 11.9. The molecule has 2 rings (SSSR count). The van der Waals surface area contributed by atoms with E-state index < -0.39 is 44.3 Å². The number of hydrogen-bond donors (Lipinski definition) is 2. The predicted octanol–water partition coefficient (Wildman–Crippen LogP) is 4.10. The minimum absolute atomic E-state index is 0.00742. The molecule has 2 N–H and O–H groups in total. The second kappa shape index (κ2) is 8.93. The lowest BCUT2D eigenvalue weighted by Crippen LogP contribution is -2.41. The molecule has 1 aromatic rings. The van der Waals surface area contributed by atoms with Crippen LogP contribution in [0, 0.1) is 0 Å². The molecule has 1 heterocycles. The number of carbonyl (C=O) groups is 2. The largest absolute Gasteiger partial charge is 0.573 e. The molecule has 0 spiro atoms. The Morgan fingerprint density at radius 3 is 2.55 bits per heavy atom. The van der Waals surface area contributed by atoms with E-state index in [1.54, 1.807) is 6.07 Å². The Bertz CT molecular complexity index is 739. The van der Waals surface area contributed by atoms with E-state index in [4.69, 9.17) is 4.74 Å². The Balaban J connectivity index is 2.10. The average Bonchev–Trinajstić information content (AvgIpc) is 2.96. The fourth-order valence-corrected chi connectivity index (χ4v) is 3.74. The molecule has 0 bridgehead atoms. The highest BCUT2D eigenvalue weighted by Gasteiger charge is 2.38. The van der Waals surface area contributed by atoms with Crippen LogP contribution < -0.4 is 10.1 Å². The number of likely N-dealkylation sites (tertiary alicyclic amines) is 1. The third-order valence-electron chi connectivity index (χ3n) is 4.50. The smallest absolute Gasteiger partial charge is 0.465 e. The van der Waals surface area contributed by atoms with Crippen LogP contribution in [0.4, 0.5) is 22.8 Å². The Morgan fingerprint density at radius 1 is 1.28 bits per heavy atom. The predicted molar refractivity (Wildman–Crippen MR) is 102 cm³/mol. The molecule has 1 saturated heterocycles. The van der Waals surface area contributed by atoms with Crippen LogP contribution in [0.2, 0.25) is 25.7 Å². The summed E-state index contributed by atoms with van der Waals surface area (Å²) >= 11 is 0. The number of benzene rings is 1. The van der Waals surface area contributed by atoms with Crippen molar-refractivity contribution >= 4 is 20.3 Å². The van der Waals surface area contributed by atoms with Gasteiger partial charge in [0.2, 0.25) is 0 Å². The molecule has 0 aromatic heterocycles. The van der Waals surface area contributed by atoms with Crippen molar-refractivity contribution in [3.8, 4) is 5.75 Å². The fourth-order valence-electron chi connectivity index (χ4n) is 3.03. The third kappa shape index (κ3) is 7.48. The topological polar surface area (TPSA) is 88.1 Å². The SMILES string of the molecule is C[Si](C)(C)CCOC(=O)N[C@@H]1CN(C(=O)O)C[C@H]1c1cccc(OC(F)(F)F)c1. The van der Waals surface area contributed by atoms with Gasteiger partial charge in [-0.3, -0.25) is 0 Å². The van der Waals surface area contributed by atoms with Crippen LogP contribution in [-0.2, 0) is 4.74 Å². The number of alkyl carbamates (subject to hydrolysis) is 1. The van der Waals surface area contributed by atoms with E-state index in [1.807, 2.05) is 0 Å². The second-order valence-corrected chi connectivity index (χ2v) is 13.7. The highest BCUT2D eigenvalue weighted by molar-refractivity contribution is 6.76. The molecule has 1 aromatic carbocycles. The Labute approximate surface area is 167 Å². The van der Waals surface area contributed by atoms with E-state index in [0.29, 0.717) is 5.56 Å². The average molecular weight is 434 g/mol. The lowest BCUT2D eigenvalue weighted by Gasteiger charge is -2.21. The van der Waals surface area contributed by atoms with Gasteiger partial charge < -0.3 is 24.8 Å². The zero-order valence-electron chi connectivity index (χ0n) is 16.5. The van der Waals surface area contributed by atoms with Crippen molar-refractivity contribution in [3.05, 3.63) is 29.8 Å². The van der Waals surface area contributed by atoms with Crippen molar-refractivity contribution in [1.29, 1.82) is 0 Å². The maximum Gasteiger partial charge on any atom is 0.573 e. The van der Waals surface area contributed by atoms with Gasteiger partial charge in [0, 0.05) is 27.1 Å². The molecule has 7 nitrogen and oxygen atoms in total. The summed E-state index contributed by atoms with van der Waals surface area (Å²) in [5.41, 5.74) is 0.433. The van der Waals surface area contributed by atoms with Gasteiger partial charge in [0.25, 0.3) is 0 Å². The van der Waals surface area contributed by atoms with Gasteiger partial charge in [-0.25, -0.2) is 9.59 Å². The zero-order chi connectivity index (χ0) is 21.8. The van der Waals surface area contributed by atoms with Gasteiger partial charge in [-0.15, -0.1) is 13.2 Å². The molecule has 1 fully saturated rings. The molecular weight excluding hydrogens is 409 g/mol. The number of nitrogens with one attached hydrogen (secondary N) is 1. The van der Waals surface area contributed by atoms with Crippen molar-refractivity contribution in [2.45, 2.75) is 44.0 Å². The summed E-state index contributed by atoms with van der Waals surface area (Å²) < 4.78 is 46.6. The summed E-state index contributed by atoms with van der Waals surface area (Å²) in [6, 6.07) is 5.48. The summed E-state index contributed by atoms with van der Waals surface area (Å²) in [6.07, 6.45) is -6.68. The van der Waals surface area contributed by atoms with Crippen LogP contribution in [0.15, 0.2) is 24.3 Å². The number of hydrogen-bond acceptors (Lipinski definition) is 4. The summed E-state index contributed by atoms with van der Waals surface area (Å²) in [5.74, 6) is -0.937. The van der Waals surface area contributed by atoms with Gasteiger partial charge in [-0.05, 0) is 23.7 Å². The quantitative estimate of drug-likeness (QED) is 0.659. The summed E-state index contributed by atoms with van der Waals surface area (Å²) in [4.78, 5) is 24.6. The molecule has 0 unspecified atom stereocenters. The van der Waals surface area contributed by atoms with E-state index in [-0.39, 0.29) is 19.7 Å². The standard InChI is InChI=1S/C18H25F3N2O5Si/c1-29(2,3)8-7-27-16(24)22-15-11-23(17(25)26)10-14(15)12-5-4-6-13(9-12)28-18(19,20)21/h4-6,9,14-15H,7-8,10-11H2,1-3H3,(H,22,24)(H,25,26)/t14-,15+/m0/s1. The van der Waals surface area contributed by atoms with Gasteiger partial charge in [0.05, 0.1) is 12.6 Å². The third-order valence-corrected chi connectivity index (χ3v) is 6.20. The van der Waals surface area contributed by atoms with Gasteiger partial charge in [0.1, 0.15) is 5.75 Å². The highest BCUT2D eigenvalue weighted by Crippen LogP contribution is 2.31. The number of amides is 2. The van der Waals surface area contributed by atoms with E-state index in [1.165, 1.54) is 12.1 Å².